The third-order valence-electron chi connectivity index (χ3n) is 4.87. The molecule has 0 heterocycles. The van der Waals surface area contributed by atoms with Crippen LogP contribution in [-0.2, 0) is 10.2 Å². The second-order valence-electron chi connectivity index (χ2n) is 6.56. The zero-order valence-corrected chi connectivity index (χ0v) is 13.8. The maximum absolute atomic E-state index is 5.60. The number of hydrogen-bond acceptors (Lipinski definition) is 3. The highest BCUT2D eigenvalue weighted by molar-refractivity contribution is 5.42. The van der Waals surface area contributed by atoms with Gasteiger partial charge in [-0.25, -0.2) is 0 Å². The number of methoxy groups -OCH3 is 2. The minimum Gasteiger partial charge on any atom is -0.496 e. The summed E-state index contributed by atoms with van der Waals surface area (Å²) in [5.74, 6) is 2.60. The molecule has 1 aromatic carbocycles. The van der Waals surface area contributed by atoms with Gasteiger partial charge in [0.05, 0.1) is 13.7 Å². The van der Waals surface area contributed by atoms with E-state index >= 15 is 0 Å². The maximum Gasteiger partial charge on any atom is 0.122 e. The molecule has 0 aliphatic heterocycles. The third kappa shape index (κ3) is 3.58. The lowest BCUT2D eigenvalue weighted by Crippen LogP contribution is -2.50. The van der Waals surface area contributed by atoms with Crippen LogP contribution in [0.25, 0.3) is 0 Å². The maximum atomic E-state index is 5.60. The van der Waals surface area contributed by atoms with Crippen LogP contribution in [0.5, 0.6) is 5.75 Å². The van der Waals surface area contributed by atoms with Gasteiger partial charge in [0.1, 0.15) is 5.75 Å². The van der Waals surface area contributed by atoms with Crippen molar-refractivity contribution in [3.05, 3.63) is 29.8 Å². The highest BCUT2D eigenvalue weighted by Crippen LogP contribution is 2.52. The highest BCUT2D eigenvalue weighted by atomic mass is 16.5. The minimum absolute atomic E-state index is 0.218. The standard InChI is InChI=1S/C18H29NO2/c1-14(2)15-11-18(12-15,13-19-9-10-20-3)16-7-5-6-8-17(16)21-4/h5-8,14-15,19H,9-13H2,1-4H3. The molecule has 0 radical (unpaired) electrons. The van der Waals surface area contributed by atoms with Crippen LogP contribution in [0.2, 0.25) is 0 Å². The summed E-state index contributed by atoms with van der Waals surface area (Å²) in [5.41, 5.74) is 1.57. The predicted octanol–water partition coefficient (Wildman–Crippen LogP) is 3.24. The first-order chi connectivity index (χ1) is 10.1. The van der Waals surface area contributed by atoms with Crippen LogP contribution in [0.15, 0.2) is 24.3 Å². The van der Waals surface area contributed by atoms with Crippen molar-refractivity contribution in [2.45, 2.75) is 32.1 Å². The lowest BCUT2D eigenvalue weighted by atomic mass is 9.55. The molecule has 0 bridgehead atoms. The van der Waals surface area contributed by atoms with E-state index in [9.17, 15) is 0 Å². The zero-order valence-electron chi connectivity index (χ0n) is 13.8. The highest BCUT2D eigenvalue weighted by Gasteiger charge is 2.47. The topological polar surface area (TPSA) is 30.5 Å². The van der Waals surface area contributed by atoms with Gasteiger partial charge in [-0.15, -0.1) is 0 Å². The molecule has 21 heavy (non-hydrogen) atoms. The Bertz CT molecular complexity index is 439. The molecule has 0 amide bonds. The molecule has 3 nitrogen and oxygen atoms in total. The molecule has 1 aromatic rings. The smallest absolute Gasteiger partial charge is 0.122 e. The molecule has 2 rings (SSSR count). The number of nitrogens with one attached hydrogen (secondary N) is 1. The Hall–Kier alpha value is -1.06. The Kier molecular flexibility index (Phi) is 5.65. The second kappa shape index (κ2) is 7.28. The Labute approximate surface area is 129 Å². The number of benzene rings is 1. The van der Waals surface area contributed by atoms with Crippen LogP contribution in [0.3, 0.4) is 0 Å². The van der Waals surface area contributed by atoms with Gasteiger partial charge in [-0.1, -0.05) is 32.0 Å². The summed E-state index contributed by atoms with van der Waals surface area (Å²) >= 11 is 0. The van der Waals surface area contributed by atoms with Crippen molar-refractivity contribution in [1.29, 1.82) is 0 Å². The van der Waals surface area contributed by atoms with E-state index in [4.69, 9.17) is 9.47 Å². The lowest BCUT2D eigenvalue weighted by molar-refractivity contribution is 0.0925. The van der Waals surface area contributed by atoms with Gasteiger partial charge >= 0.3 is 0 Å². The normalized spacial score (nSPS) is 24.9. The molecule has 0 aromatic heterocycles. The summed E-state index contributed by atoms with van der Waals surface area (Å²) in [6.07, 6.45) is 2.48. The van der Waals surface area contributed by atoms with E-state index in [0.717, 1.165) is 37.3 Å². The molecule has 1 saturated carbocycles. The Balaban J connectivity index is 2.13. The van der Waals surface area contributed by atoms with Crippen molar-refractivity contribution in [2.75, 3.05) is 33.9 Å². The van der Waals surface area contributed by atoms with Gasteiger partial charge in [0, 0.05) is 31.2 Å². The van der Waals surface area contributed by atoms with Gasteiger partial charge in [-0.05, 0) is 30.7 Å². The Morgan fingerprint density at radius 2 is 1.95 bits per heavy atom. The monoisotopic (exact) mass is 291 g/mol. The molecular formula is C18H29NO2. The van der Waals surface area contributed by atoms with Crippen molar-refractivity contribution in [3.8, 4) is 5.75 Å². The summed E-state index contributed by atoms with van der Waals surface area (Å²) in [4.78, 5) is 0. The van der Waals surface area contributed by atoms with Gasteiger partial charge in [0.25, 0.3) is 0 Å². The minimum atomic E-state index is 0.218. The van der Waals surface area contributed by atoms with E-state index in [2.05, 4.69) is 37.4 Å². The average Bonchev–Trinajstić information content (AvgIpc) is 2.45. The van der Waals surface area contributed by atoms with Crippen LogP contribution in [0.4, 0.5) is 0 Å². The summed E-state index contributed by atoms with van der Waals surface area (Å²) in [6, 6.07) is 8.48. The summed E-state index contributed by atoms with van der Waals surface area (Å²) in [7, 11) is 3.51. The van der Waals surface area contributed by atoms with E-state index in [-0.39, 0.29) is 5.41 Å². The molecule has 0 unspecified atom stereocenters. The van der Waals surface area contributed by atoms with E-state index in [1.165, 1.54) is 18.4 Å². The van der Waals surface area contributed by atoms with Crippen LogP contribution in [0.1, 0.15) is 32.3 Å². The summed E-state index contributed by atoms with van der Waals surface area (Å²) in [6.45, 7) is 7.32. The first-order valence-corrected chi connectivity index (χ1v) is 7.96. The Morgan fingerprint density at radius 3 is 2.57 bits per heavy atom. The third-order valence-corrected chi connectivity index (χ3v) is 4.87. The molecule has 0 spiro atoms. The first kappa shape index (κ1) is 16.3. The summed E-state index contributed by atoms with van der Waals surface area (Å²) in [5, 5.41) is 3.56. The SMILES string of the molecule is COCCNCC1(c2ccccc2OC)CC(C(C)C)C1. The molecule has 118 valence electrons. The van der Waals surface area contributed by atoms with Crippen molar-refractivity contribution in [2.24, 2.45) is 11.8 Å². The average molecular weight is 291 g/mol. The van der Waals surface area contributed by atoms with Crippen molar-refractivity contribution in [1.82, 2.24) is 5.32 Å². The summed E-state index contributed by atoms with van der Waals surface area (Å²) < 4.78 is 10.7. The van der Waals surface area contributed by atoms with Gasteiger partial charge in [0.15, 0.2) is 0 Å². The van der Waals surface area contributed by atoms with Crippen molar-refractivity contribution in [3.63, 3.8) is 0 Å². The van der Waals surface area contributed by atoms with E-state index in [0.29, 0.717) is 0 Å². The molecule has 1 aliphatic rings. The fourth-order valence-electron chi connectivity index (χ4n) is 3.46. The van der Waals surface area contributed by atoms with Crippen molar-refractivity contribution >= 4 is 0 Å². The molecule has 1 fully saturated rings. The van der Waals surface area contributed by atoms with E-state index < -0.39 is 0 Å². The van der Waals surface area contributed by atoms with Crippen LogP contribution >= 0.6 is 0 Å². The van der Waals surface area contributed by atoms with Crippen LogP contribution in [0, 0.1) is 11.8 Å². The van der Waals surface area contributed by atoms with E-state index in [1.807, 2.05) is 6.07 Å². The Morgan fingerprint density at radius 1 is 1.24 bits per heavy atom. The predicted molar refractivity (Wildman–Crippen MR) is 87.0 cm³/mol. The van der Waals surface area contributed by atoms with E-state index in [1.54, 1.807) is 14.2 Å². The van der Waals surface area contributed by atoms with Gasteiger partial charge < -0.3 is 14.8 Å². The van der Waals surface area contributed by atoms with Gasteiger partial charge in [-0.3, -0.25) is 0 Å². The molecular weight excluding hydrogens is 262 g/mol. The second-order valence-corrected chi connectivity index (χ2v) is 6.56. The first-order valence-electron chi connectivity index (χ1n) is 7.96. The number of rotatable bonds is 8. The van der Waals surface area contributed by atoms with Crippen LogP contribution in [-0.4, -0.2) is 33.9 Å². The number of para-hydroxylation sites is 1. The largest absolute Gasteiger partial charge is 0.496 e. The van der Waals surface area contributed by atoms with Gasteiger partial charge in [-0.2, -0.15) is 0 Å². The number of hydrogen-bond donors (Lipinski definition) is 1. The lowest BCUT2D eigenvalue weighted by Gasteiger charge is -2.50. The zero-order chi connectivity index (χ0) is 15.3. The molecule has 3 heteroatoms. The molecule has 1 aliphatic carbocycles. The molecule has 1 N–H and O–H groups in total. The fourth-order valence-corrected chi connectivity index (χ4v) is 3.46. The molecule has 0 atom stereocenters. The van der Waals surface area contributed by atoms with Crippen LogP contribution < -0.4 is 10.1 Å². The quantitative estimate of drug-likeness (QED) is 0.746. The van der Waals surface area contributed by atoms with Gasteiger partial charge in [0.2, 0.25) is 0 Å². The van der Waals surface area contributed by atoms with Crippen molar-refractivity contribution < 1.29 is 9.47 Å². The number of ether oxygens (including phenoxy) is 2. The fraction of sp³-hybridized carbons (Fsp3) is 0.667. The molecule has 0 saturated heterocycles.